The van der Waals surface area contributed by atoms with Gasteiger partial charge in [0.2, 0.25) is 11.8 Å². The summed E-state index contributed by atoms with van der Waals surface area (Å²) in [5, 5.41) is 6.28. The lowest BCUT2D eigenvalue weighted by Gasteiger charge is -2.29. The highest BCUT2D eigenvalue weighted by atomic mass is 19.1. The van der Waals surface area contributed by atoms with E-state index in [-0.39, 0.29) is 23.4 Å². The fourth-order valence-corrected chi connectivity index (χ4v) is 5.03. The largest absolute Gasteiger partial charge is 0.351 e. The number of halogens is 2. The standard InChI is InChI=1S/C32H36F2N4O2/c33-26-15-13-25(29(34)20-26)14-16-31(39)36-21-27-17-19-38(32(40)30(37-27)12-7-18-35)22-28(23-8-3-1-4-9-23)24-10-5-2-6-11-24/h1-6,8-11,13-16,20,27-28,30,37H,7,12,17-19,21-22,35H2,(H,36,39)/t27-,30-/m0/s1. The van der Waals surface area contributed by atoms with E-state index in [0.29, 0.717) is 45.4 Å². The molecule has 0 saturated carbocycles. The average molecular weight is 547 g/mol. The Kier molecular flexibility index (Phi) is 10.5. The molecule has 4 rings (SSSR count). The molecule has 1 aliphatic rings. The fourth-order valence-electron chi connectivity index (χ4n) is 5.03. The number of nitrogens with two attached hydrogens (primary N) is 1. The number of nitrogens with zero attached hydrogens (tertiary/aromatic N) is 1. The molecule has 210 valence electrons. The highest BCUT2D eigenvalue weighted by Crippen LogP contribution is 2.27. The van der Waals surface area contributed by atoms with Gasteiger partial charge in [0.25, 0.3) is 0 Å². The van der Waals surface area contributed by atoms with Crippen LogP contribution in [0, 0.1) is 11.6 Å². The van der Waals surface area contributed by atoms with Gasteiger partial charge in [-0.2, -0.15) is 0 Å². The van der Waals surface area contributed by atoms with Gasteiger partial charge in [0.15, 0.2) is 0 Å². The van der Waals surface area contributed by atoms with Crippen molar-refractivity contribution in [1.82, 2.24) is 15.5 Å². The molecule has 0 bridgehead atoms. The maximum absolute atomic E-state index is 13.9. The van der Waals surface area contributed by atoms with Crippen LogP contribution in [-0.2, 0) is 9.59 Å². The SMILES string of the molecule is NCCC[C@@H]1N[C@H](CNC(=O)C=Cc2ccc(F)cc2F)CCN(CC(c2ccccc2)c2ccccc2)C1=O. The Balaban J connectivity index is 1.44. The number of hydrogen-bond acceptors (Lipinski definition) is 4. The smallest absolute Gasteiger partial charge is 0.244 e. The number of carbonyl (C=O) groups excluding carboxylic acids is 2. The van der Waals surface area contributed by atoms with Crippen molar-refractivity contribution >= 4 is 17.9 Å². The van der Waals surface area contributed by atoms with Gasteiger partial charge in [0, 0.05) is 49.3 Å². The molecule has 2 atom stereocenters. The summed E-state index contributed by atoms with van der Waals surface area (Å²) in [6, 6.07) is 23.0. The second-order valence-corrected chi connectivity index (χ2v) is 10.0. The van der Waals surface area contributed by atoms with E-state index in [1.165, 1.54) is 18.2 Å². The normalized spacial score (nSPS) is 17.8. The van der Waals surface area contributed by atoms with E-state index in [4.69, 9.17) is 5.73 Å². The summed E-state index contributed by atoms with van der Waals surface area (Å²) in [6.07, 6.45) is 4.48. The van der Waals surface area contributed by atoms with Crippen molar-refractivity contribution in [3.05, 3.63) is 113 Å². The highest BCUT2D eigenvalue weighted by Gasteiger charge is 2.32. The molecule has 1 saturated heterocycles. The van der Waals surface area contributed by atoms with Crippen molar-refractivity contribution in [2.75, 3.05) is 26.2 Å². The zero-order chi connectivity index (χ0) is 28.3. The van der Waals surface area contributed by atoms with E-state index in [0.717, 1.165) is 23.3 Å². The molecule has 6 nitrogen and oxygen atoms in total. The van der Waals surface area contributed by atoms with Gasteiger partial charge in [-0.15, -0.1) is 0 Å². The minimum Gasteiger partial charge on any atom is -0.351 e. The second kappa shape index (κ2) is 14.5. The monoisotopic (exact) mass is 546 g/mol. The van der Waals surface area contributed by atoms with Gasteiger partial charge in [-0.25, -0.2) is 8.78 Å². The van der Waals surface area contributed by atoms with Crippen molar-refractivity contribution in [3.63, 3.8) is 0 Å². The van der Waals surface area contributed by atoms with E-state index in [1.54, 1.807) is 0 Å². The highest BCUT2D eigenvalue weighted by molar-refractivity contribution is 5.91. The molecule has 8 heteroatoms. The Morgan fingerprint density at radius 1 is 1.05 bits per heavy atom. The van der Waals surface area contributed by atoms with Crippen molar-refractivity contribution in [1.29, 1.82) is 0 Å². The van der Waals surface area contributed by atoms with Gasteiger partial charge in [-0.05, 0) is 55.1 Å². The third kappa shape index (κ3) is 8.07. The van der Waals surface area contributed by atoms with Crippen LogP contribution in [0.15, 0.2) is 84.9 Å². The van der Waals surface area contributed by atoms with Crippen LogP contribution in [0.3, 0.4) is 0 Å². The zero-order valence-electron chi connectivity index (χ0n) is 22.4. The lowest BCUT2D eigenvalue weighted by atomic mass is 9.90. The van der Waals surface area contributed by atoms with Crippen LogP contribution < -0.4 is 16.4 Å². The topological polar surface area (TPSA) is 87.5 Å². The Morgan fingerprint density at radius 2 is 1.73 bits per heavy atom. The van der Waals surface area contributed by atoms with Crippen LogP contribution >= 0.6 is 0 Å². The summed E-state index contributed by atoms with van der Waals surface area (Å²) < 4.78 is 27.0. The molecule has 1 aliphatic heterocycles. The van der Waals surface area contributed by atoms with Gasteiger partial charge in [0.05, 0.1) is 6.04 Å². The molecule has 4 N–H and O–H groups in total. The summed E-state index contributed by atoms with van der Waals surface area (Å²) in [5.74, 6) is -1.75. The van der Waals surface area contributed by atoms with E-state index in [2.05, 4.69) is 34.9 Å². The van der Waals surface area contributed by atoms with Gasteiger partial charge in [0.1, 0.15) is 11.6 Å². The van der Waals surface area contributed by atoms with Crippen LogP contribution in [-0.4, -0.2) is 55.0 Å². The average Bonchev–Trinajstić information content (AvgIpc) is 3.12. The van der Waals surface area contributed by atoms with Crippen molar-refractivity contribution in [3.8, 4) is 0 Å². The molecule has 1 heterocycles. The molecular weight excluding hydrogens is 510 g/mol. The minimum atomic E-state index is -0.736. The first-order valence-corrected chi connectivity index (χ1v) is 13.7. The number of carbonyl (C=O) groups is 2. The Bertz CT molecular complexity index is 1250. The number of nitrogens with one attached hydrogen (secondary N) is 2. The molecule has 3 aromatic rings. The summed E-state index contributed by atoms with van der Waals surface area (Å²) >= 11 is 0. The number of hydrogen-bond donors (Lipinski definition) is 3. The van der Waals surface area contributed by atoms with Crippen LogP contribution in [0.4, 0.5) is 8.78 Å². The molecule has 2 amide bonds. The fraction of sp³-hybridized carbons (Fsp3) is 0.312. The molecule has 0 radical (unpaired) electrons. The van der Waals surface area contributed by atoms with Crippen LogP contribution in [0.2, 0.25) is 0 Å². The summed E-state index contributed by atoms with van der Waals surface area (Å²) in [4.78, 5) is 28.1. The van der Waals surface area contributed by atoms with E-state index < -0.39 is 23.6 Å². The molecule has 3 aromatic carbocycles. The van der Waals surface area contributed by atoms with Crippen LogP contribution in [0.1, 0.15) is 41.9 Å². The van der Waals surface area contributed by atoms with Gasteiger partial charge in [-0.1, -0.05) is 60.7 Å². The molecule has 1 fully saturated rings. The van der Waals surface area contributed by atoms with Crippen molar-refractivity contribution in [2.24, 2.45) is 5.73 Å². The summed E-state index contributed by atoms with van der Waals surface area (Å²) in [6.45, 7) is 1.86. The second-order valence-electron chi connectivity index (χ2n) is 10.0. The molecule has 0 spiro atoms. The summed E-state index contributed by atoms with van der Waals surface area (Å²) in [5.41, 5.74) is 8.18. The molecular formula is C32H36F2N4O2. The first kappa shape index (κ1) is 29.1. The zero-order valence-corrected chi connectivity index (χ0v) is 22.4. The van der Waals surface area contributed by atoms with Crippen LogP contribution in [0.25, 0.3) is 6.08 Å². The van der Waals surface area contributed by atoms with Crippen molar-refractivity contribution < 1.29 is 18.4 Å². The lowest BCUT2D eigenvalue weighted by molar-refractivity contribution is -0.133. The number of amides is 2. The summed E-state index contributed by atoms with van der Waals surface area (Å²) in [7, 11) is 0. The maximum Gasteiger partial charge on any atom is 0.244 e. The predicted molar refractivity (Wildman–Crippen MR) is 153 cm³/mol. The van der Waals surface area contributed by atoms with Crippen LogP contribution in [0.5, 0.6) is 0 Å². The maximum atomic E-state index is 13.9. The van der Waals surface area contributed by atoms with E-state index in [9.17, 15) is 18.4 Å². The van der Waals surface area contributed by atoms with E-state index >= 15 is 0 Å². The van der Waals surface area contributed by atoms with Crippen molar-refractivity contribution in [2.45, 2.75) is 37.3 Å². The first-order valence-electron chi connectivity index (χ1n) is 13.7. The number of rotatable bonds is 11. The lowest BCUT2D eigenvalue weighted by Crippen LogP contribution is -2.49. The Morgan fingerprint density at radius 3 is 2.35 bits per heavy atom. The minimum absolute atomic E-state index is 0.0229. The van der Waals surface area contributed by atoms with Gasteiger partial charge in [-0.3, -0.25) is 9.59 Å². The third-order valence-electron chi connectivity index (χ3n) is 7.20. The van der Waals surface area contributed by atoms with Gasteiger partial charge >= 0.3 is 0 Å². The first-order chi connectivity index (χ1) is 19.4. The quantitative estimate of drug-likeness (QED) is 0.314. The van der Waals surface area contributed by atoms with Gasteiger partial charge < -0.3 is 21.3 Å². The predicted octanol–water partition coefficient (Wildman–Crippen LogP) is 4.22. The Hall–Kier alpha value is -3.88. The molecule has 0 unspecified atom stereocenters. The third-order valence-corrected chi connectivity index (χ3v) is 7.20. The molecule has 0 aromatic heterocycles. The van der Waals surface area contributed by atoms with E-state index in [1.807, 2.05) is 41.3 Å². The molecule has 40 heavy (non-hydrogen) atoms. The molecule has 0 aliphatic carbocycles. The Labute approximate surface area is 234 Å². The number of benzene rings is 3.